The van der Waals surface area contributed by atoms with Gasteiger partial charge >= 0.3 is 18.0 Å². The van der Waals surface area contributed by atoms with Gasteiger partial charge in [-0.3, -0.25) is 0 Å². The van der Waals surface area contributed by atoms with E-state index in [4.69, 9.17) is 9.47 Å². The molecular weight excluding hydrogens is 458 g/mol. The molecule has 1 atom stereocenters. The van der Waals surface area contributed by atoms with Crippen LogP contribution in [0.15, 0.2) is 72.8 Å². The molecule has 0 fully saturated rings. The molecule has 0 spiro atoms. The fourth-order valence-electron chi connectivity index (χ4n) is 4.43. The maximum Gasteiger partial charge on any atom is 0.407 e. The van der Waals surface area contributed by atoms with E-state index >= 15 is 0 Å². The Morgan fingerprint density at radius 3 is 2.03 bits per heavy atom. The average Bonchev–Trinajstić information content (AvgIpc) is 3.15. The quantitative estimate of drug-likeness (QED) is 0.446. The van der Waals surface area contributed by atoms with Crippen molar-refractivity contribution in [3.05, 3.63) is 95.1 Å². The van der Waals surface area contributed by atoms with Crippen LogP contribution in [-0.2, 0) is 20.7 Å². The van der Waals surface area contributed by atoms with Crippen molar-refractivity contribution in [2.45, 2.75) is 44.8 Å². The number of carbonyl (C=O) groups is 3. The highest BCUT2D eigenvalue weighted by Gasteiger charge is 2.30. The molecule has 0 saturated heterocycles. The number of carboxylic acid groups (broad SMARTS) is 1. The summed E-state index contributed by atoms with van der Waals surface area (Å²) in [7, 11) is 0. The minimum absolute atomic E-state index is 0.0701. The lowest BCUT2D eigenvalue weighted by Gasteiger charge is -2.21. The van der Waals surface area contributed by atoms with Crippen LogP contribution in [-0.4, -0.2) is 41.4 Å². The molecule has 2 N–H and O–H groups in total. The largest absolute Gasteiger partial charge is 0.480 e. The van der Waals surface area contributed by atoms with E-state index in [1.165, 1.54) is 0 Å². The fraction of sp³-hybridized carbons (Fsp3) is 0.276. The van der Waals surface area contributed by atoms with Crippen molar-refractivity contribution in [1.82, 2.24) is 5.32 Å². The van der Waals surface area contributed by atoms with Gasteiger partial charge in [0.1, 0.15) is 18.2 Å². The summed E-state index contributed by atoms with van der Waals surface area (Å²) in [4.78, 5) is 37.2. The molecule has 0 heterocycles. The SMILES string of the molecule is CC(C)(C)OC(=O)c1ccccc1CC(NC(=O)OCC1c2ccccc2-c2ccccc21)C(=O)O. The Balaban J connectivity index is 1.44. The topological polar surface area (TPSA) is 102 Å². The first kappa shape index (κ1) is 25.0. The van der Waals surface area contributed by atoms with Crippen LogP contribution in [0.4, 0.5) is 4.79 Å². The highest BCUT2D eigenvalue weighted by molar-refractivity contribution is 5.92. The summed E-state index contributed by atoms with van der Waals surface area (Å²) in [6.07, 6.45) is -0.936. The molecule has 1 aliphatic rings. The van der Waals surface area contributed by atoms with Crippen LogP contribution in [0.3, 0.4) is 0 Å². The monoisotopic (exact) mass is 487 g/mol. The molecule has 0 aromatic heterocycles. The number of carboxylic acids is 1. The van der Waals surface area contributed by atoms with Gasteiger partial charge in [-0.2, -0.15) is 0 Å². The number of carbonyl (C=O) groups excluding carboxylic acids is 2. The maximum absolute atomic E-state index is 12.6. The van der Waals surface area contributed by atoms with Crippen LogP contribution in [0.2, 0.25) is 0 Å². The fourth-order valence-corrected chi connectivity index (χ4v) is 4.43. The van der Waals surface area contributed by atoms with Crippen molar-refractivity contribution in [2.24, 2.45) is 0 Å². The first-order valence-corrected chi connectivity index (χ1v) is 11.8. The van der Waals surface area contributed by atoms with E-state index in [0.29, 0.717) is 5.56 Å². The lowest BCUT2D eigenvalue weighted by Crippen LogP contribution is -2.43. The van der Waals surface area contributed by atoms with Gasteiger partial charge in [-0.05, 0) is 54.7 Å². The Hall–Kier alpha value is -4.13. The van der Waals surface area contributed by atoms with Crippen LogP contribution < -0.4 is 5.32 Å². The van der Waals surface area contributed by atoms with Crippen molar-refractivity contribution >= 4 is 18.0 Å². The summed E-state index contributed by atoms with van der Waals surface area (Å²) in [5.41, 5.74) is 4.34. The smallest absolute Gasteiger partial charge is 0.407 e. The van der Waals surface area contributed by atoms with Gasteiger partial charge in [0.15, 0.2) is 0 Å². The van der Waals surface area contributed by atoms with Gasteiger partial charge in [0, 0.05) is 12.3 Å². The van der Waals surface area contributed by atoms with Crippen molar-refractivity contribution in [2.75, 3.05) is 6.61 Å². The Morgan fingerprint density at radius 2 is 1.44 bits per heavy atom. The van der Waals surface area contributed by atoms with Gasteiger partial charge < -0.3 is 19.9 Å². The van der Waals surface area contributed by atoms with E-state index in [9.17, 15) is 19.5 Å². The summed E-state index contributed by atoms with van der Waals surface area (Å²) in [5.74, 6) is -1.93. The molecule has 1 unspecified atom stereocenters. The summed E-state index contributed by atoms with van der Waals surface area (Å²) in [6.45, 7) is 5.34. The summed E-state index contributed by atoms with van der Waals surface area (Å²) < 4.78 is 10.9. The zero-order chi connectivity index (χ0) is 25.9. The number of ether oxygens (including phenoxy) is 2. The third kappa shape index (κ3) is 5.57. The highest BCUT2D eigenvalue weighted by atomic mass is 16.6. The Morgan fingerprint density at radius 1 is 0.889 bits per heavy atom. The lowest BCUT2D eigenvalue weighted by molar-refractivity contribution is -0.139. The molecule has 4 rings (SSSR count). The molecule has 7 heteroatoms. The molecule has 3 aromatic carbocycles. The van der Waals surface area contributed by atoms with E-state index < -0.39 is 29.7 Å². The zero-order valence-corrected chi connectivity index (χ0v) is 20.5. The predicted octanol–water partition coefficient (Wildman–Crippen LogP) is 5.18. The van der Waals surface area contributed by atoms with Gasteiger partial charge in [-0.1, -0.05) is 66.7 Å². The minimum Gasteiger partial charge on any atom is -0.480 e. The molecule has 3 aromatic rings. The Labute approximate surface area is 210 Å². The average molecular weight is 488 g/mol. The second-order valence-corrected chi connectivity index (χ2v) is 9.72. The van der Waals surface area contributed by atoms with E-state index in [1.54, 1.807) is 45.0 Å². The van der Waals surface area contributed by atoms with Gasteiger partial charge in [0.2, 0.25) is 0 Å². The molecule has 0 radical (unpaired) electrons. The van der Waals surface area contributed by atoms with Gasteiger partial charge in [-0.15, -0.1) is 0 Å². The van der Waals surface area contributed by atoms with Crippen LogP contribution >= 0.6 is 0 Å². The number of hydrogen-bond donors (Lipinski definition) is 2. The second-order valence-electron chi connectivity index (χ2n) is 9.72. The van der Waals surface area contributed by atoms with E-state index in [-0.39, 0.29) is 24.5 Å². The standard InChI is InChI=1S/C29H29NO6/c1-29(2,3)36-27(33)19-11-5-4-10-18(19)16-25(26(31)32)30-28(34)35-17-24-22-14-8-6-12-20(22)21-13-7-9-15-23(21)24/h4-15,24-25H,16-17H2,1-3H3,(H,30,34)(H,31,32). The van der Waals surface area contributed by atoms with E-state index in [1.807, 2.05) is 48.5 Å². The van der Waals surface area contributed by atoms with Gasteiger partial charge in [0.25, 0.3) is 0 Å². The molecule has 186 valence electrons. The number of hydrogen-bond acceptors (Lipinski definition) is 5. The number of esters is 1. The first-order valence-electron chi connectivity index (χ1n) is 11.8. The third-order valence-corrected chi connectivity index (χ3v) is 5.99. The second kappa shape index (κ2) is 10.2. The summed E-state index contributed by atoms with van der Waals surface area (Å²) >= 11 is 0. The molecule has 0 bridgehead atoms. The molecule has 0 aliphatic heterocycles. The molecule has 1 aliphatic carbocycles. The predicted molar refractivity (Wildman–Crippen MR) is 135 cm³/mol. The summed E-state index contributed by atoms with van der Waals surface area (Å²) in [5, 5.41) is 12.2. The molecule has 36 heavy (non-hydrogen) atoms. The maximum atomic E-state index is 12.6. The Kier molecular flexibility index (Phi) is 7.10. The Bertz CT molecular complexity index is 1250. The van der Waals surface area contributed by atoms with Crippen molar-refractivity contribution in [3.8, 4) is 11.1 Å². The number of nitrogens with one attached hydrogen (secondary N) is 1. The van der Waals surface area contributed by atoms with Crippen molar-refractivity contribution in [3.63, 3.8) is 0 Å². The lowest BCUT2D eigenvalue weighted by atomic mass is 9.98. The van der Waals surface area contributed by atoms with E-state index in [0.717, 1.165) is 22.3 Å². The zero-order valence-electron chi connectivity index (χ0n) is 20.5. The number of benzene rings is 3. The molecule has 1 amide bonds. The van der Waals surface area contributed by atoms with Crippen LogP contribution in [0.1, 0.15) is 53.7 Å². The van der Waals surface area contributed by atoms with Crippen LogP contribution in [0.5, 0.6) is 0 Å². The number of rotatable bonds is 7. The first-order chi connectivity index (χ1) is 17.1. The number of alkyl carbamates (subject to hydrolysis) is 1. The minimum atomic E-state index is -1.29. The van der Waals surface area contributed by atoms with Gasteiger partial charge in [0.05, 0.1) is 5.56 Å². The number of amides is 1. The molecule has 7 nitrogen and oxygen atoms in total. The normalized spacial score (nSPS) is 13.3. The van der Waals surface area contributed by atoms with Crippen molar-refractivity contribution < 1.29 is 29.0 Å². The van der Waals surface area contributed by atoms with E-state index in [2.05, 4.69) is 5.32 Å². The third-order valence-electron chi connectivity index (χ3n) is 5.99. The van der Waals surface area contributed by atoms with Crippen LogP contribution in [0, 0.1) is 0 Å². The number of fused-ring (bicyclic) bond motifs is 3. The molecular formula is C29H29NO6. The van der Waals surface area contributed by atoms with Gasteiger partial charge in [-0.25, -0.2) is 14.4 Å². The van der Waals surface area contributed by atoms with Crippen LogP contribution in [0.25, 0.3) is 11.1 Å². The number of aliphatic carboxylic acids is 1. The van der Waals surface area contributed by atoms with Crippen molar-refractivity contribution in [1.29, 1.82) is 0 Å². The summed E-state index contributed by atoms with van der Waals surface area (Å²) in [6, 6.07) is 21.2. The highest BCUT2D eigenvalue weighted by Crippen LogP contribution is 2.44. The molecule has 0 saturated carbocycles.